The van der Waals surface area contributed by atoms with Gasteiger partial charge in [-0.25, -0.2) is 0 Å². The minimum absolute atomic E-state index is 0.756. The maximum atomic E-state index is 6.04. The van der Waals surface area contributed by atoms with Crippen molar-refractivity contribution >= 4 is 17.8 Å². The van der Waals surface area contributed by atoms with Crippen LogP contribution < -0.4 is 0 Å². The number of hydrazone groups is 1. The van der Waals surface area contributed by atoms with Crippen LogP contribution in [0.2, 0.25) is 5.02 Å². The van der Waals surface area contributed by atoms with Crippen LogP contribution in [0.4, 0.5) is 0 Å². The molecule has 0 unspecified atom stereocenters. The molecule has 0 bridgehead atoms. The van der Waals surface area contributed by atoms with Crippen molar-refractivity contribution in [3.8, 4) is 0 Å². The summed E-state index contributed by atoms with van der Waals surface area (Å²) in [6.45, 7) is 5.22. The van der Waals surface area contributed by atoms with Crippen molar-refractivity contribution in [2.75, 3.05) is 26.3 Å². The second-order valence-corrected chi connectivity index (χ2v) is 4.23. The summed E-state index contributed by atoms with van der Waals surface area (Å²) in [5, 5.41) is 7.19. The van der Waals surface area contributed by atoms with Gasteiger partial charge in [-0.3, -0.25) is 5.01 Å². The first-order valence-electron chi connectivity index (χ1n) is 5.38. The van der Waals surface area contributed by atoms with Gasteiger partial charge in [0.05, 0.1) is 32.5 Å². The number of hydrogen-bond donors (Lipinski definition) is 0. The van der Waals surface area contributed by atoms with Gasteiger partial charge in [0.2, 0.25) is 0 Å². The Balaban J connectivity index is 2.02. The molecular weight excluding hydrogens is 224 g/mol. The van der Waals surface area contributed by atoms with E-state index in [9.17, 15) is 0 Å². The Kier molecular flexibility index (Phi) is 3.80. The standard InChI is InChI=1S/C12H15ClN2O/c1-10-2-3-11(8-12(10)13)9-14-15-4-6-16-7-5-15/h2-3,8-9H,4-7H2,1H3/b14-9+. The van der Waals surface area contributed by atoms with Gasteiger partial charge in [0.25, 0.3) is 0 Å². The molecule has 86 valence electrons. The third-order valence-electron chi connectivity index (χ3n) is 2.55. The van der Waals surface area contributed by atoms with Gasteiger partial charge in [-0.1, -0.05) is 23.7 Å². The number of morpholine rings is 1. The number of ether oxygens (including phenoxy) is 1. The van der Waals surface area contributed by atoms with Crippen LogP contribution in [0, 0.1) is 6.92 Å². The van der Waals surface area contributed by atoms with Crippen molar-refractivity contribution < 1.29 is 4.74 Å². The van der Waals surface area contributed by atoms with Gasteiger partial charge in [-0.05, 0) is 24.1 Å². The largest absolute Gasteiger partial charge is 0.378 e. The number of halogens is 1. The molecule has 4 heteroatoms. The fourth-order valence-corrected chi connectivity index (χ4v) is 1.70. The summed E-state index contributed by atoms with van der Waals surface area (Å²) < 4.78 is 5.25. The summed E-state index contributed by atoms with van der Waals surface area (Å²) in [6.07, 6.45) is 1.84. The Morgan fingerprint density at radius 3 is 2.81 bits per heavy atom. The van der Waals surface area contributed by atoms with Crippen LogP contribution in [0.1, 0.15) is 11.1 Å². The Bertz CT molecular complexity index is 387. The monoisotopic (exact) mass is 238 g/mol. The van der Waals surface area contributed by atoms with Crippen molar-refractivity contribution in [2.24, 2.45) is 5.10 Å². The molecule has 1 heterocycles. The van der Waals surface area contributed by atoms with Crippen LogP contribution in [-0.4, -0.2) is 37.5 Å². The van der Waals surface area contributed by atoms with Crippen molar-refractivity contribution in [1.29, 1.82) is 0 Å². The molecule has 3 nitrogen and oxygen atoms in total. The molecule has 0 saturated carbocycles. The van der Waals surface area contributed by atoms with E-state index in [2.05, 4.69) is 5.10 Å². The number of hydrogen-bond acceptors (Lipinski definition) is 3. The molecule has 0 aromatic heterocycles. The highest BCUT2D eigenvalue weighted by molar-refractivity contribution is 6.31. The molecule has 1 aromatic carbocycles. The van der Waals surface area contributed by atoms with Gasteiger partial charge in [-0.2, -0.15) is 5.10 Å². The molecule has 0 aliphatic carbocycles. The molecule has 0 radical (unpaired) electrons. The lowest BCUT2D eigenvalue weighted by molar-refractivity contribution is 0.0397. The molecule has 1 aliphatic heterocycles. The van der Waals surface area contributed by atoms with Gasteiger partial charge < -0.3 is 4.74 Å². The first-order valence-corrected chi connectivity index (χ1v) is 5.76. The van der Waals surface area contributed by atoms with Crippen LogP contribution in [0.3, 0.4) is 0 Å². The van der Waals surface area contributed by atoms with Crippen LogP contribution in [-0.2, 0) is 4.74 Å². The third-order valence-corrected chi connectivity index (χ3v) is 2.96. The zero-order valence-corrected chi connectivity index (χ0v) is 10.1. The van der Waals surface area contributed by atoms with Crippen LogP contribution in [0.15, 0.2) is 23.3 Å². The minimum Gasteiger partial charge on any atom is -0.378 e. The molecule has 0 amide bonds. The quantitative estimate of drug-likeness (QED) is 0.739. The van der Waals surface area contributed by atoms with Gasteiger partial charge in [0.1, 0.15) is 0 Å². The van der Waals surface area contributed by atoms with Crippen molar-refractivity contribution in [3.05, 3.63) is 34.3 Å². The first kappa shape index (κ1) is 11.4. The van der Waals surface area contributed by atoms with E-state index in [1.54, 1.807) is 0 Å². The molecule has 1 aromatic rings. The van der Waals surface area contributed by atoms with Crippen LogP contribution in [0.5, 0.6) is 0 Å². The predicted molar refractivity (Wildman–Crippen MR) is 66.2 cm³/mol. The van der Waals surface area contributed by atoms with Crippen LogP contribution in [0.25, 0.3) is 0 Å². The van der Waals surface area contributed by atoms with E-state index in [-0.39, 0.29) is 0 Å². The molecule has 16 heavy (non-hydrogen) atoms. The Morgan fingerprint density at radius 1 is 1.38 bits per heavy atom. The fraction of sp³-hybridized carbons (Fsp3) is 0.417. The Labute approximate surface area is 101 Å². The molecule has 0 spiro atoms. The van der Waals surface area contributed by atoms with E-state index in [4.69, 9.17) is 16.3 Å². The van der Waals surface area contributed by atoms with E-state index >= 15 is 0 Å². The fourth-order valence-electron chi connectivity index (χ4n) is 1.51. The number of rotatable bonds is 2. The molecule has 1 aliphatic rings. The topological polar surface area (TPSA) is 24.8 Å². The minimum atomic E-state index is 0.756. The molecule has 1 fully saturated rings. The van der Waals surface area contributed by atoms with E-state index in [0.717, 1.165) is 42.5 Å². The van der Waals surface area contributed by atoms with Crippen molar-refractivity contribution in [3.63, 3.8) is 0 Å². The van der Waals surface area contributed by atoms with Gasteiger partial charge in [0.15, 0.2) is 0 Å². The zero-order valence-electron chi connectivity index (χ0n) is 9.32. The van der Waals surface area contributed by atoms with Crippen LogP contribution >= 0.6 is 11.6 Å². The average Bonchev–Trinajstić information content (AvgIpc) is 2.32. The summed E-state index contributed by atoms with van der Waals surface area (Å²) in [5.74, 6) is 0. The van der Waals surface area contributed by atoms with E-state index in [0.29, 0.717) is 0 Å². The summed E-state index contributed by atoms with van der Waals surface area (Å²) in [7, 11) is 0. The normalized spacial score (nSPS) is 17.0. The van der Waals surface area contributed by atoms with Crippen molar-refractivity contribution in [2.45, 2.75) is 6.92 Å². The van der Waals surface area contributed by atoms with Crippen molar-refractivity contribution in [1.82, 2.24) is 5.01 Å². The van der Waals surface area contributed by atoms with Gasteiger partial charge in [-0.15, -0.1) is 0 Å². The highest BCUT2D eigenvalue weighted by Crippen LogP contribution is 2.15. The maximum Gasteiger partial charge on any atom is 0.0659 e. The molecule has 0 N–H and O–H groups in total. The van der Waals surface area contributed by atoms with E-state index < -0.39 is 0 Å². The van der Waals surface area contributed by atoms with E-state index in [1.165, 1.54) is 0 Å². The lowest BCUT2D eigenvalue weighted by atomic mass is 10.2. The summed E-state index contributed by atoms with van der Waals surface area (Å²) in [5.41, 5.74) is 2.12. The smallest absolute Gasteiger partial charge is 0.0659 e. The average molecular weight is 239 g/mol. The third kappa shape index (κ3) is 2.97. The lowest BCUT2D eigenvalue weighted by Crippen LogP contribution is -2.32. The van der Waals surface area contributed by atoms with Gasteiger partial charge >= 0.3 is 0 Å². The van der Waals surface area contributed by atoms with E-state index in [1.807, 2.05) is 36.3 Å². The molecular formula is C12H15ClN2O. The maximum absolute atomic E-state index is 6.04. The molecule has 1 saturated heterocycles. The first-order chi connectivity index (χ1) is 7.75. The number of aryl methyl sites for hydroxylation is 1. The molecule has 2 rings (SSSR count). The SMILES string of the molecule is Cc1ccc(/C=N/N2CCOCC2)cc1Cl. The Hall–Kier alpha value is -1.06. The summed E-state index contributed by atoms with van der Waals surface area (Å²) >= 11 is 6.04. The lowest BCUT2D eigenvalue weighted by Gasteiger charge is -2.23. The zero-order chi connectivity index (χ0) is 11.4. The second-order valence-electron chi connectivity index (χ2n) is 3.82. The number of nitrogens with zero attached hydrogens (tertiary/aromatic N) is 2. The highest BCUT2D eigenvalue weighted by Gasteiger charge is 2.06. The number of benzene rings is 1. The predicted octanol–water partition coefficient (Wildman–Crippen LogP) is 2.31. The van der Waals surface area contributed by atoms with Gasteiger partial charge in [0, 0.05) is 5.02 Å². The summed E-state index contributed by atoms with van der Waals surface area (Å²) in [4.78, 5) is 0. The molecule has 0 atom stereocenters. The highest BCUT2D eigenvalue weighted by atomic mass is 35.5. The Morgan fingerprint density at radius 2 is 2.12 bits per heavy atom. The second kappa shape index (κ2) is 5.32. The summed E-state index contributed by atoms with van der Waals surface area (Å²) in [6, 6.07) is 5.95.